The van der Waals surface area contributed by atoms with Crippen LogP contribution < -0.4 is 11.1 Å². The van der Waals surface area contributed by atoms with Crippen molar-refractivity contribution < 1.29 is 19.3 Å². The van der Waals surface area contributed by atoms with E-state index < -0.39 is 28.8 Å². The number of imide groups is 1. The van der Waals surface area contributed by atoms with E-state index in [1.54, 1.807) is 30.3 Å². The highest BCUT2D eigenvalue weighted by Crippen LogP contribution is 2.21. The Morgan fingerprint density at radius 2 is 1.49 bits per heavy atom. The zero-order valence-corrected chi connectivity index (χ0v) is 23.0. The van der Waals surface area contributed by atoms with Crippen LogP contribution in [0.25, 0.3) is 0 Å². The molecule has 3 amide bonds. The Balaban J connectivity index is 1.64. The van der Waals surface area contributed by atoms with E-state index in [1.165, 1.54) is 24.3 Å². The standard InChI is InChI=1S/C32H36N4O5/c33-28(22-24-16-19-27(20-17-24)36(40)41)32(39)35(31(38)25-12-6-2-7-13-25)29(21-18-23-10-4-1-5-11-23)30(37)34-26-14-8-3-9-15-26/h1-2,4-7,10-13,16-17,19-20,26,28-29H,3,8-9,14-15,18,21-22,33H2,(H,34,37)/t28-,29?/m0/s1. The van der Waals surface area contributed by atoms with E-state index in [9.17, 15) is 24.5 Å². The Labute approximate surface area is 239 Å². The van der Waals surface area contributed by atoms with Crippen LogP contribution in [0.4, 0.5) is 5.69 Å². The molecule has 1 unspecified atom stereocenters. The van der Waals surface area contributed by atoms with Crippen LogP contribution >= 0.6 is 0 Å². The second kappa shape index (κ2) is 14.3. The maximum Gasteiger partial charge on any atom is 0.269 e. The summed E-state index contributed by atoms with van der Waals surface area (Å²) in [5.41, 5.74) is 8.18. The summed E-state index contributed by atoms with van der Waals surface area (Å²) in [6.07, 6.45) is 5.64. The van der Waals surface area contributed by atoms with Crippen molar-refractivity contribution >= 4 is 23.4 Å². The molecule has 4 rings (SSSR count). The van der Waals surface area contributed by atoms with E-state index in [0.717, 1.165) is 42.6 Å². The van der Waals surface area contributed by atoms with E-state index in [4.69, 9.17) is 5.73 Å². The highest BCUT2D eigenvalue weighted by atomic mass is 16.6. The van der Waals surface area contributed by atoms with Gasteiger partial charge in [-0.05, 0) is 55.4 Å². The lowest BCUT2D eigenvalue weighted by atomic mass is 9.94. The molecule has 0 aliphatic heterocycles. The van der Waals surface area contributed by atoms with E-state index in [-0.39, 0.29) is 36.0 Å². The third-order valence-corrected chi connectivity index (χ3v) is 7.51. The number of nitrogens with zero attached hydrogens (tertiary/aromatic N) is 2. The van der Waals surface area contributed by atoms with Crippen molar-refractivity contribution in [3.63, 3.8) is 0 Å². The average Bonchev–Trinajstić information content (AvgIpc) is 3.00. The summed E-state index contributed by atoms with van der Waals surface area (Å²) in [5, 5.41) is 14.1. The number of nitrogens with two attached hydrogens (primary N) is 1. The molecule has 2 atom stereocenters. The van der Waals surface area contributed by atoms with Gasteiger partial charge in [-0.1, -0.05) is 79.9 Å². The molecule has 9 heteroatoms. The van der Waals surface area contributed by atoms with Crippen LogP contribution in [0.3, 0.4) is 0 Å². The summed E-state index contributed by atoms with van der Waals surface area (Å²) in [4.78, 5) is 53.3. The van der Waals surface area contributed by atoms with Crippen molar-refractivity contribution in [1.82, 2.24) is 10.2 Å². The van der Waals surface area contributed by atoms with Crippen LogP contribution in [0.15, 0.2) is 84.9 Å². The lowest BCUT2D eigenvalue weighted by Crippen LogP contribution is -2.58. The lowest BCUT2D eigenvalue weighted by Gasteiger charge is -2.33. The number of hydrogen-bond donors (Lipinski definition) is 2. The van der Waals surface area contributed by atoms with Gasteiger partial charge in [0.2, 0.25) is 11.8 Å². The van der Waals surface area contributed by atoms with E-state index in [1.807, 2.05) is 30.3 Å². The highest BCUT2D eigenvalue weighted by molar-refractivity contribution is 6.09. The second-order valence-electron chi connectivity index (χ2n) is 10.5. The Morgan fingerprint density at radius 1 is 0.878 bits per heavy atom. The van der Waals surface area contributed by atoms with Crippen molar-refractivity contribution in [2.24, 2.45) is 5.73 Å². The first-order chi connectivity index (χ1) is 19.8. The molecular weight excluding hydrogens is 520 g/mol. The Kier molecular flexibility index (Phi) is 10.3. The first-order valence-electron chi connectivity index (χ1n) is 14.1. The predicted molar refractivity (Wildman–Crippen MR) is 156 cm³/mol. The van der Waals surface area contributed by atoms with Gasteiger partial charge in [-0.15, -0.1) is 0 Å². The van der Waals surface area contributed by atoms with Crippen LogP contribution in [-0.4, -0.2) is 45.7 Å². The third kappa shape index (κ3) is 8.08. The number of nitro benzene ring substituents is 1. The van der Waals surface area contributed by atoms with Gasteiger partial charge >= 0.3 is 0 Å². The SMILES string of the molecule is N[C@@H](Cc1ccc([N+](=O)[O-])cc1)C(=O)N(C(=O)c1ccccc1)C(CCc1ccccc1)C(=O)NC1CCCCC1. The molecule has 0 bridgehead atoms. The number of nitrogens with one attached hydrogen (secondary N) is 1. The van der Waals surface area contributed by atoms with Gasteiger partial charge in [0.1, 0.15) is 6.04 Å². The molecule has 3 aromatic rings. The molecule has 1 saturated carbocycles. The van der Waals surface area contributed by atoms with Gasteiger partial charge in [0, 0.05) is 23.7 Å². The van der Waals surface area contributed by atoms with Crippen LogP contribution in [0, 0.1) is 10.1 Å². The Morgan fingerprint density at radius 3 is 2.10 bits per heavy atom. The molecule has 41 heavy (non-hydrogen) atoms. The number of hydrogen-bond acceptors (Lipinski definition) is 6. The van der Waals surface area contributed by atoms with Crippen LogP contribution in [0.1, 0.15) is 60.0 Å². The fraction of sp³-hybridized carbons (Fsp3) is 0.344. The average molecular weight is 557 g/mol. The fourth-order valence-corrected chi connectivity index (χ4v) is 5.26. The van der Waals surface area contributed by atoms with Crippen molar-refractivity contribution in [2.45, 2.75) is 69.5 Å². The number of rotatable bonds is 11. The first kappa shape index (κ1) is 29.6. The molecule has 1 fully saturated rings. The molecule has 0 heterocycles. The van der Waals surface area contributed by atoms with Gasteiger partial charge in [0.15, 0.2) is 0 Å². The van der Waals surface area contributed by atoms with Crippen LogP contribution in [0.5, 0.6) is 0 Å². The van der Waals surface area contributed by atoms with Crippen molar-refractivity contribution in [3.8, 4) is 0 Å². The molecule has 1 aliphatic rings. The van der Waals surface area contributed by atoms with Gasteiger partial charge in [0.05, 0.1) is 11.0 Å². The quantitative estimate of drug-likeness (QED) is 0.262. The molecular formula is C32H36N4O5. The number of amides is 3. The summed E-state index contributed by atoms with van der Waals surface area (Å²) in [6, 6.07) is 21.6. The number of nitro groups is 1. The molecule has 3 N–H and O–H groups in total. The van der Waals surface area contributed by atoms with E-state index in [2.05, 4.69) is 5.32 Å². The molecule has 0 aromatic heterocycles. The maximum atomic E-state index is 14.0. The minimum atomic E-state index is -1.15. The molecule has 0 saturated heterocycles. The normalized spacial score (nSPS) is 15.0. The Hall–Kier alpha value is -4.37. The lowest BCUT2D eigenvalue weighted by molar-refractivity contribution is -0.384. The molecule has 1 aliphatic carbocycles. The molecule has 0 spiro atoms. The minimum Gasteiger partial charge on any atom is -0.352 e. The maximum absolute atomic E-state index is 14.0. The summed E-state index contributed by atoms with van der Waals surface area (Å²) in [5.74, 6) is -1.63. The summed E-state index contributed by atoms with van der Waals surface area (Å²) >= 11 is 0. The highest BCUT2D eigenvalue weighted by Gasteiger charge is 2.38. The van der Waals surface area contributed by atoms with Gasteiger partial charge in [-0.3, -0.25) is 29.4 Å². The smallest absolute Gasteiger partial charge is 0.269 e. The van der Waals surface area contributed by atoms with Crippen molar-refractivity contribution in [1.29, 1.82) is 0 Å². The van der Waals surface area contributed by atoms with Crippen LogP contribution in [0.2, 0.25) is 0 Å². The number of non-ortho nitro benzene ring substituents is 1. The fourth-order valence-electron chi connectivity index (χ4n) is 5.26. The topological polar surface area (TPSA) is 136 Å². The number of carbonyl (C=O) groups excluding carboxylic acids is 3. The minimum absolute atomic E-state index is 0.00645. The van der Waals surface area contributed by atoms with Crippen LogP contribution in [-0.2, 0) is 22.4 Å². The van der Waals surface area contributed by atoms with Crippen molar-refractivity contribution in [2.75, 3.05) is 0 Å². The zero-order chi connectivity index (χ0) is 29.2. The number of carbonyl (C=O) groups is 3. The van der Waals surface area contributed by atoms with Crippen molar-refractivity contribution in [3.05, 3.63) is 112 Å². The first-order valence-corrected chi connectivity index (χ1v) is 14.1. The summed E-state index contributed by atoms with van der Waals surface area (Å²) < 4.78 is 0. The van der Waals surface area contributed by atoms with Gasteiger partial charge < -0.3 is 11.1 Å². The van der Waals surface area contributed by atoms with E-state index >= 15 is 0 Å². The number of aryl methyl sites for hydroxylation is 1. The largest absolute Gasteiger partial charge is 0.352 e. The zero-order valence-electron chi connectivity index (χ0n) is 23.0. The predicted octanol–water partition coefficient (Wildman–Crippen LogP) is 4.58. The van der Waals surface area contributed by atoms with Gasteiger partial charge in [-0.25, -0.2) is 0 Å². The molecule has 3 aromatic carbocycles. The monoisotopic (exact) mass is 556 g/mol. The second-order valence-corrected chi connectivity index (χ2v) is 10.5. The summed E-state index contributed by atoms with van der Waals surface area (Å²) in [7, 11) is 0. The number of benzene rings is 3. The Bertz CT molecular complexity index is 1330. The van der Waals surface area contributed by atoms with Gasteiger partial charge in [-0.2, -0.15) is 0 Å². The van der Waals surface area contributed by atoms with E-state index in [0.29, 0.717) is 12.0 Å². The molecule has 9 nitrogen and oxygen atoms in total. The molecule has 214 valence electrons. The summed E-state index contributed by atoms with van der Waals surface area (Å²) in [6.45, 7) is 0. The third-order valence-electron chi connectivity index (χ3n) is 7.51. The van der Waals surface area contributed by atoms with Gasteiger partial charge in [0.25, 0.3) is 11.6 Å². The molecule has 0 radical (unpaired) electrons.